The van der Waals surface area contributed by atoms with Crippen LogP contribution in [0.25, 0.3) is 0 Å². The van der Waals surface area contributed by atoms with Gasteiger partial charge >= 0.3 is 0 Å². The Morgan fingerprint density at radius 1 is 0.952 bits per heavy atom. The first-order valence-corrected chi connectivity index (χ1v) is 8.26. The third-order valence-corrected chi connectivity index (χ3v) is 6.41. The Kier molecular flexibility index (Phi) is 5.87. The maximum absolute atomic E-state index is 3.69. The predicted octanol–water partition coefficient (Wildman–Crippen LogP) is 4.95. The first kappa shape index (κ1) is 17.8. The van der Waals surface area contributed by atoms with E-state index >= 15 is 0 Å². The van der Waals surface area contributed by atoms with Gasteiger partial charge in [-0.15, -0.1) is 5.56 Å². The Morgan fingerprint density at radius 2 is 1.76 bits per heavy atom. The molecule has 2 saturated carbocycles. The fourth-order valence-corrected chi connectivity index (χ4v) is 5.37. The van der Waals surface area contributed by atoms with Gasteiger partial charge in [0.1, 0.15) is 0 Å². The number of benzene rings is 1. The van der Waals surface area contributed by atoms with Gasteiger partial charge in [-0.3, -0.25) is 0 Å². The van der Waals surface area contributed by atoms with Gasteiger partial charge in [-0.2, -0.15) is 28.8 Å². The Morgan fingerprint density at radius 3 is 2.57 bits per heavy atom. The Balaban J connectivity index is 0.000000807. The summed E-state index contributed by atoms with van der Waals surface area (Å²) in [6.07, 6.45) is 10.2. The van der Waals surface area contributed by atoms with Crippen molar-refractivity contribution in [2.24, 2.45) is 17.8 Å². The van der Waals surface area contributed by atoms with Gasteiger partial charge in [-0.1, -0.05) is 51.9 Å². The quantitative estimate of drug-likeness (QED) is 0.381. The van der Waals surface area contributed by atoms with Crippen LogP contribution in [0.3, 0.4) is 0 Å². The van der Waals surface area contributed by atoms with E-state index in [0.29, 0.717) is 0 Å². The molecule has 0 amide bonds. The van der Waals surface area contributed by atoms with Crippen LogP contribution in [0.5, 0.6) is 0 Å². The van der Waals surface area contributed by atoms with Crippen LogP contribution < -0.4 is 0 Å². The first-order chi connectivity index (χ1) is 9.24. The second-order valence-corrected chi connectivity index (χ2v) is 7.25. The van der Waals surface area contributed by atoms with Crippen molar-refractivity contribution >= 4 is 0 Å². The number of aryl methyl sites for hydroxylation is 3. The predicted molar refractivity (Wildman–Crippen MR) is 79.4 cm³/mol. The fourth-order valence-electron chi connectivity index (χ4n) is 5.37. The topological polar surface area (TPSA) is 0 Å². The summed E-state index contributed by atoms with van der Waals surface area (Å²) in [5.74, 6) is 4.02. The molecule has 21 heavy (non-hydrogen) atoms. The van der Waals surface area contributed by atoms with Crippen molar-refractivity contribution in [1.82, 2.24) is 0 Å². The minimum atomic E-state index is 0. The molecule has 3 aliphatic carbocycles. The van der Waals surface area contributed by atoms with E-state index in [1.807, 2.05) is 0 Å². The number of hydrogen-bond donors (Lipinski definition) is 0. The van der Waals surface area contributed by atoms with E-state index in [1.54, 1.807) is 11.1 Å². The minimum Gasteiger partial charge on any atom is -0.177 e. The zero-order valence-electron chi connectivity index (χ0n) is 13.0. The molecule has 3 aliphatic rings. The molecule has 2 radical (unpaired) electrons. The van der Waals surface area contributed by atoms with E-state index in [0.717, 1.165) is 23.7 Å². The molecule has 4 rings (SSSR count). The van der Waals surface area contributed by atoms with Gasteiger partial charge in [0.25, 0.3) is 0 Å². The monoisotopic (exact) mass is 459 g/mol. The summed E-state index contributed by atoms with van der Waals surface area (Å²) in [6.45, 7) is 4.48. The largest absolute Gasteiger partial charge is 0.177 e. The van der Waals surface area contributed by atoms with Crippen LogP contribution in [-0.4, -0.2) is 0 Å². The van der Waals surface area contributed by atoms with Crippen LogP contribution in [0, 0.1) is 37.7 Å². The van der Waals surface area contributed by atoms with Crippen LogP contribution in [-0.2, 0) is 45.4 Å². The van der Waals surface area contributed by atoms with Crippen molar-refractivity contribution in [1.29, 1.82) is 0 Å². The third-order valence-electron chi connectivity index (χ3n) is 6.41. The summed E-state index contributed by atoms with van der Waals surface area (Å²) in [5.41, 5.74) is 6.06. The molecule has 1 aromatic carbocycles. The van der Waals surface area contributed by atoms with Crippen molar-refractivity contribution in [2.75, 3.05) is 0 Å². The van der Waals surface area contributed by atoms with Crippen LogP contribution in [0.1, 0.15) is 66.7 Å². The van der Waals surface area contributed by atoms with E-state index in [9.17, 15) is 0 Å². The van der Waals surface area contributed by atoms with Crippen molar-refractivity contribution in [3.05, 3.63) is 34.4 Å². The number of rotatable bonds is 0. The molecule has 2 heteroatoms. The number of fused-ring (bicyclic) bond motifs is 5. The molecule has 4 unspecified atom stereocenters. The Hall–Kier alpha value is 0.467. The molecule has 0 heterocycles. The normalized spacial score (nSPS) is 33.0. The molecule has 4 atom stereocenters. The van der Waals surface area contributed by atoms with E-state index < -0.39 is 0 Å². The minimum absolute atomic E-state index is 0. The zero-order valence-corrected chi connectivity index (χ0v) is 16.3. The molecule has 0 N–H and O–H groups in total. The SMILES string of the molecule is Cc1[c-]c2c(cc1C)C1CCC3CCCC3C1CC2.[Rh].[Rh]. The van der Waals surface area contributed by atoms with Gasteiger partial charge in [0.05, 0.1) is 0 Å². The van der Waals surface area contributed by atoms with Gasteiger partial charge in [0, 0.05) is 39.0 Å². The summed E-state index contributed by atoms with van der Waals surface area (Å²) in [5, 5.41) is 0. The van der Waals surface area contributed by atoms with Crippen LogP contribution in [0.2, 0.25) is 0 Å². The van der Waals surface area contributed by atoms with E-state index in [1.165, 1.54) is 56.1 Å². The summed E-state index contributed by atoms with van der Waals surface area (Å²) in [6, 6.07) is 6.20. The van der Waals surface area contributed by atoms with E-state index in [2.05, 4.69) is 26.0 Å². The molecule has 0 aromatic heterocycles. The summed E-state index contributed by atoms with van der Waals surface area (Å²) in [7, 11) is 0. The number of hydrogen-bond acceptors (Lipinski definition) is 0. The summed E-state index contributed by atoms with van der Waals surface area (Å²) >= 11 is 0. The van der Waals surface area contributed by atoms with Gasteiger partial charge in [-0.05, 0) is 30.6 Å². The summed E-state index contributed by atoms with van der Waals surface area (Å²) < 4.78 is 0. The van der Waals surface area contributed by atoms with Gasteiger partial charge in [-0.25, -0.2) is 0 Å². The summed E-state index contributed by atoms with van der Waals surface area (Å²) in [4.78, 5) is 0. The van der Waals surface area contributed by atoms with Gasteiger partial charge in [0.2, 0.25) is 0 Å². The molecule has 2 fully saturated rings. The molecule has 0 aliphatic heterocycles. The van der Waals surface area contributed by atoms with E-state index in [4.69, 9.17) is 0 Å². The Labute approximate surface area is 155 Å². The van der Waals surface area contributed by atoms with E-state index in [-0.39, 0.29) is 39.0 Å². The standard InChI is InChI=1S/C19H25.2Rh/c1-12-10-15-7-9-17-16-5-3-4-14(16)6-8-18(17)19(15)11-13(12)2;;/h11,14,16-18H,3-9H2,1-2H3;;/q-1;;. The van der Waals surface area contributed by atoms with Crippen molar-refractivity contribution in [3.8, 4) is 0 Å². The van der Waals surface area contributed by atoms with Crippen LogP contribution >= 0.6 is 0 Å². The van der Waals surface area contributed by atoms with Crippen LogP contribution in [0.4, 0.5) is 0 Å². The molecular weight excluding hydrogens is 434 g/mol. The zero-order chi connectivity index (χ0) is 13.0. The molecule has 0 bridgehead atoms. The van der Waals surface area contributed by atoms with Crippen molar-refractivity contribution in [3.63, 3.8) is 0 Å². The molecule has 0 saturated heterocycles. The van der Waals surface area contributed by atoms with Crippen molar-refractivity contribution in [2.45, 2.75) is 64.7 Å². The fraction of sp³-hybridized carbons (Fsp3) is 0.684. The van der Waals surface area contributed by atoms with Crippen molar-refractivity contribution < 1.29 is 39.0 Å². The average molecular weight is 459 g/mol. The smallest absolute Gasteiger partial charge is 0 e. The average Bonchev–Trinajstić information content (AvgIpc) is 2.88. The molecule has 120 valence electrons. The second kappa shape index (κ2) is 6.92. The maximum Gasteiger partial charge on any atom is 0 e. The third kappa shape index (κ3) is 2.97. The second-order valence-electron chi connectivity index (χ2n) is 7.25. The van der Waals surface area contributed by atoms with Gasteiger partial charge < -0.3 is 0 Å². The first-order valence-electron chi connectivity index (χ1n) is 8.26. The Bertz CT molecular complexity index is 509. The van der Waals surface area contributed by atoms with Crippen LogP contribution in [0.15, 0.2) is 6.07 Å². The maximum atomic E-state index is 3.69. The molecule has 1 aromatic rings. The molecular formula is C19H25Rh2-. The molecule has 0 spiro atoms. The molecule has 0 nitrogen and oxygen atoms in total. The van der Waals surface area contributed by atoms with Gasteiger partial charge in [0.15, 0.2) is 0 Å².